The van der Waals surface area contributed by atoms with Gasteiger partial charge in [0.15, 0.2) is 0 Å². The van der Waals surface area contributed by atoms with Gasteiger partial charge in [0.2, 0.25) is 5.88 Å². The van der Waals surface area contributed by atoms with Gasteiger partial charge in [-0.2, -0.15) is 0 Å². The van der Waals surface area contributed by atoms with Gasteiger partial charge in [-0.25, -0.2) is 13.8 Å². The van der Waals surface area contributed by atoms with Crippen LogP contribution in [0.1, 0.15) is 47.8 Å². The van der Waals surface area contributed by atoms with Crippen LogP contribution in [-0.4, -0.2) is 16.2 Å². The molecule has 1 unspecified atom stereocenters. The van der Waals surface area contributed by atoms with Crippen LogP contribution in [0.3, 0.4) is 0 Å². The van der Waals surface area contributed by atoms with Crippen LogP contribution in [0.2, 0.25) is 0 Å². The highest BCUT2D eigenvalue weighted by molar-refractivity contribution is 6.23. The first kappa shape index (κ1) is 26.4. The van der Waals surface area contributed by atoms with E-state index >= 15 is 0 Å². The number of hydrogen-bond donors (Lipinski definition) is 1. The number of aliphatic hydroxyl groups excluding tert-OH is 1. The van der Waals surface area contributed by atoms with E-state index in [4.69, 9.17) is 21.3 Å². The van der Waals surface area contributed by atoms with Crippen LogP contribution in [0, 0.1) is 11.6 Å². The van der Waals surface area contributed by atoms with Gasteiger partial charge in [0.25, 0.3) is 0 Å². The molecule has 1 atom stereocenters. The third kappa shape index (κ3) is 5.19. The Morgan fingerprint density at radius 2 is 1.45 bits per heavy atom. The van der Waals surface area contributed by atoms with Crippen LogP contribution in [0.4, 0.5) is 8.78 Å². The van der Waals surface area contributed by atoms with Crippen LogP contribution in [-0.2, 0) is 6.61 Å². The number of fused-ring (bicyclic) bond motifs is 1. The smallest absolute Gasteiger partial charge is 0.219 e. The molecule has 6 rings (SSSR count). The molecule has 3 nitrogen and oxygen atoms in total. The number of benzene rings is 4. The number of aliphatic hydroxyl groups is 1. The summed E-state index contributed by atoms with van der Waals surface area (Å²) in [6.45, 7) is -0.357. The summed E-state index contributed by atoms with van der Waals surface area (Å²) in [6, 6.07) is 26.2. The van der Waals surface area contributed by atoms with E-state index in [0.717, 1.165) is 42.0 Å². The van der Waals surface area contributed by atoms with Crippen LogP contribution in [0.5, 0.6) is 5.88 Å². The molecule has 0 bridgehead atoms. The summed E-state index contributed by atoms with van der Waals surface area (Å²) in [5.41, 5.74) is 4.39. The molecule has 1 aliphatic carbocycles. The summed E-state index contributed by atoms with van der Waals surface area (Å²) >= 11 is 7.33. The predicted octanol–water partition coefficient (Wildman–Crippen LogP) is 8.99. The fourth-order valence-corrected chi connectivity index (χ4v) is 5.92. The fourth-order valence-electron chi connectivity index (χ4n) is 5.59. The molecule has 202 valence electrons. The van der Waals surface area contributed by atoms with Crippen molar-refractivity contribution in [2.75, 3.05) is 0 Å². The Kier molecular flexibility index (Phi) is 7.50. The van der Waals surface area contributed by atoms with E-state index < -0.39 is 5.38 Å². The second-order valence-electron chi connectivity index (χ2n) is 10.2. The second kappa shape index (κ2) is 11.4. The Balaban J connectivity index is 1.63. The minimum Gasteiger partial charge on any atom is -0.474 e. The molecule has 1 saturated carbocycles. The molecule has 5 aromatic rings. The molecule has 0 amide bonds. The first-order valence-corrected chi connectivity index (χ1v) is 13.9. The normalized spacial score (nSPS) is 14.5. The molecular weight excluding hydrogens is 528 g/mol. The Morgan fingerprint density at radius 1 is 0.825 bits per heavy atom. The molecule has 0 spiro atoms. The van der Waals surface area contributed by atoms with Gasteiger partial charge in [-0.05, 0) is 95.6 Å². The first-order chi connectivity index (χ1) is 19.5. The van der Waals surface area contributed by atoms with E-state index in [0.29, 0.717) is 39.4 Å². The zero-order valence-electron chi connectivity index (χ0n) is 21.8. The van der Waals surface area contributed by atoms with E-state index in [2.05, 4.69) is 0 Å². The fraction of sp³-hybridized carbons (Fsp3) is 0.206. The van der Waals surface area contributed by atoms with Crippen molar-refractivity contribution < 1.29 is 18.6 Å². The minimum atomic E-state index is -0.680. The van der Waals surface area contributed by atoms with Crippen molar-refractivity contribution in [2.45, 2.75) is 43.8 Å². The topological polar surface area (TPSA) is 42.4 Å². The Labute approximate surface area is 237 Å². The maximum Gasteiger partial charge on any atom is 0.219 e. The molecule has 1 aliphatic rings. The van der Waals surface area contributed by atoms with Crippen LogP contribution < -0.4 is 4.74 Å². The molecule has 40 heavy (non-hydrogen) atoms. The van der Waals surface area contributed by atoms with Crippen molar-refractivity contribution in [2.24, 2.45) is 0 Å². The summed E-state index contributed by atoms with van der Waals surface area (Å²) in [5, 5.41) is 12.2. The highest BCUT2D eigenvalue weighted by Crippen LogP contribution is 2.46. The number of hydrogen-bond acceptors (Lipinski definition) is 3. The molecular formula is C34H28ClF2NO2. The van der Waals surface area contributed by atoms with E-state index in [9.17, 15) is 13.9 Å². The van der Waals surface area contributed by atoms with E-state index in [1.807, 2.05) is 42.5 Å². The molecule has 0 radical (unpaired) electrons. The number of rotatable bonds is 7. The quantitative estimate of drug-likeness (QED) is 0.204. The van der Waals surface area contributed by atoms with Crippen LogP contribution in [0.25, 0.3) is 33.2 Å². The van der Waals surface area contributed by atoms with Crippen molar-refractivity contribution in [1.29, 1.82) is 0 Å². The second-order valence-corrected chi connectivity index (χ2v) is 10.6. The number of aromatic nitrogens is 1. The maximum absolute atomic E-state index is 14.0. The number of nitrogens with zero attached hydrogens (tertiary/aromatic N) is 1. The molecule has 0 saturated heterocycles. The summed E-state index contributed by atoms with van der Waals surface area (Å²) in [7, 11) is 0. The van der Waals surface area contributed by atoms with Gasteiger partial charge >= 0.3 is 0 Å². The van der Waals surface area contributed by atoms with Crippen LogP contribution in [0.15, 0.2) is 91.0 Å². The third-order valence-electron chi connectivity index (χ3n) is 7.61. The minimum absolute atomic E-state index is 0.0196. The lowest BCUT2D eigenvalue weighted by molar-refractivity contribution is 0.199. The lowest BCUT2D eigenvalue weighted by atomic mass is 9.88. The van der Waals surface area contributed by atoms with Gasteiger partial charge in [-0.15, -0.1) is 11.6 Å². The van der Waals surface area contributed by atoms with Gasteiger partial charge < -0.3 is 9.84 Å². The lowest BCUT2D eigenvalue weighted by Gasteiger charge is -2.25. The molecule has 0 aliphatic heterocycles. The highest BCUT2D eigenvalue weighted by Gasteiger charge is 2.30. The summed E-state index contributed by atoms with van der Waals surface area (Å²) in [6.07, 6.45) is 3.93. The van der Waals surface area contributed by atoms with Crippen molar-refractivity contribution in [3.63, 3.8) is 0 Å². The Bertz CT molecular complexity index is 1650. The average Bonchev–Trinajstić information content (AvgIpc) is 3.50. The van der Waals surface area contributed by atoms with E-state index in [-0.39, 0.29) is 24.3 Å². The predicted molar refractivity (Wildman–Crippen MR) is 155 cm³/mol. The molecule has 6 heteroatoms. The maximum atomic E-state index is 14.0. The number of alkyl halides is 1. The summed E-state index contributed by atoms with van der Waals surface area (Å²) in [5.74, 6) is -0.372. The first-order valence-electron chi connectivity index (χ1n) is 13.5. The number of pyridine rings is 1. The van der Waals surface area contributed by atoms with Crippen molar-refractivity contribution in [3.05, 3.63) is 119 Å². The molecule has 4 aromatic carbocycles. The van der Waals surface area contributed by atoms with Gasteiger partial charge in [0.05, 0.1) is 17.7 Å². The standard InChI is InChI=1S/C34H28ClF2NO2/c35-32(25-10-9-21-5-1-2-6-24(21)19-25)31-30(22-11-15-26(36)16-12-22)29(20-39)33(23-13-17-27(37)18-14-23)38-34(31)40-28-7-3-4-8-28/h1-2,5-6,9-19,28,32,39H,3-4,7-8,20H2. The van der Waals surface area contributed by atoms with Gasteiger partial charge in [-0.3, -0.25) is 0 Å². The van der Waals surface area contributed by atoms with Crippen molar-refractivity contribution in [3.8, 4) is 28.3 Å². The molecule has 1 fully saturated rings. The van der Waals surface area contributed by atoms with Crippen molar-refractivity contribution >= 4 is 22.4 Å². The molecule has 1 aromatic heterocycles. The Morgan fingerprint density at radius 3 is 2.10 bits per heavy atom. The van der Waals surface area contributed by atoms with Gasteiger partial charge in [-0.1, -0.05) is 48.5 Å². The van der Waals surface area contributed by atoms with Crippen LogP contribution >= 0.6 is 11.6 Å². The Hall–Kier alpha value is -3.80. The molecule has 1 heterocycles. The monoisotopic (exact) mass is 555 g/mol. The van der Waals surface area contributed by atoms with Gasteiger partial charge in [0.1, 0.15) is 17.7 Å². The summed E-state index contributed by atoms with van der Waals surface area (Å²) < 4.78 is 34.5. The van der Waals surface area contributed by atoms with E-state index in [1.54, 1.807) is 24.3 Å². The summed E-state index contributed by atoms with van der Waals surface area (Å²) in [4.78, 5) is 4.96. The number of halogens is 3. The zero-order chi connectivity index (χ0) is 27.6. The third-order valence-corrected chi connectivity index (χ3v) is 8.08. The highest BCUT2D eigenvalue weighted by atomic mass is 35.5. The SMILES string of the molecule is OCc1c(-c2ccc(F)cc2)nc(OC2CCCC2)c(C(Cl)c2ccc3ccccc3c2)c1-c1ccc(F)cc1. The van der Waals surface area contributed by atoms with E-state index in [1.165, 1.54) is 24.3 Å². The number of ether oxygens (including phenoxy) is 1. The van der Waals surface area contributed by atoms with Gasteiger partial charge in [0, 0.05) is 16.7 Å². The average molecular weight is 556 g/mol. The molecule has 1 N–H and O–H groups in total. The largest absolute Gasteiger partial charge is 0.474 e. The van der Waals surface area contributed by atoms with Crippen molar-refractivity contribution in [1.82, 2.24) is 4.98 Å². The zero-order valence-corrected chi connectivity index (χ0v) is 22.5. The lowest BCUT2D eigenvalue weighted by Crippen LogP contribution is -2.16.